The molecule has 2 aromatic carbocycles. The molecule has 5 heteroatoms. The van der Waals surface area contributed by atoms with Gasteiger partial charge >= 0.3 is 0 Å². The number of carbonyl (C=O) groups is 2. The summed E-state index contributed by atoms with van der Waals surface area (Å²) in [4.78, 5) is 27.1. The third-order valence-corrected chi connectivity index (χ3v) is 5.41. The molecular formula is C22H25N3O2. The Morgan fingerprint density at radius 1 is 0.963 bits per heavy atom. The average Bonchev–Trinajstić information content (AvgIpc) is 3.17. The highest BCUT2D eigenvalue weighted by Gasteiger charge is 2.39. The minimum Gasteiger partial charge on any atom is -0.371 e. The van der Waals surface area contributed by atoms with E-state index in [0.29, 0.717) is 17.2 Å². The van der Waals surface area contributed by atoms with Crippen molar-refractivity contribution in [3.8, 4) is 0 Å². The second-order valence-electron chi connectivity index (χ2n) is 7.59. The Hall–Kier alpha value is -2.82. The lowest BCUT2D eigenvalue weighted by molar-refractivity contribution is -0.117. The van der Waals surface area contributed by atoms with E-state index in [1.807, 2.05) is 24.3 Å². The van der Waals surface area contributed by atoms with E-state index < -0.39 is 0 Å². The SMILES string of the molecule is CC1CC1C(=O)Nc1cccc(C(=O)Nc2cccc(N3CCCC3)c2)c1. The van der Waals surface area contributed by atoms with Crippen molar-refractivity contribution in [2.24, 2.45) is 11.8 Å². The molecule has 2 amide bonds. The lowest BCUT2D eigenvalue weighted by Gasteiger charge is -2.18. The number of hydrogen-bond acceptors (Lipinski definition) is 3. The van der Waals surface area contributed by atoms with Crippen molar-refractivity contribution >= 4 is 28.9 Å². The number of rotatable bonds is 5. The van der Waals surface area contributed by atoms with E-state index in [2.05, 4.69) is 28.5 Å². The number of benzene rings is 2. The molecule has 0 bridgehead atoms. The lowest BCUT2D eigenvalue weighted by Crippen LogP contribution is -2.18. The summed E-state index contributed by atoms with van der Waals surface area (Å²) in [6, 6.07) is 15.1. The normalized spacial score (nSPS) is 21.0. The first-order valence-electron chi connectivity index (χ1n) is 9.67. The Labute approximate surface area is 159 Å². The van der Waals surface area contributed by atoms with Crippen molar-refractivity contribution in [3.05, 3.63) is 54.1 Å². The van der Waals surface area contributed by atoms with Gasteiger partial charge in [-0.2, -0.15) is 0 Å². The Kier molecular flexibility index (Phi) is 4.84. The molecule has 2 N–H and O–H groups in total. The molecule has 27 heavy (non-hydrogen) atoms. The molecule has 5 nitrogen and oxygen atoms in total. The number of nitrogens with one attached hydrogen (secondary N) is 2. The molecule has 1 heterocycles. The summed E-state index contributed by atoms with van der Waals surface area (Å²) in [7, 11) is 0. The summed E-state index contributed by atoms with van der Waals surface area (Å²) in [5, 5.41) is 5.88. The molecule has 2 aliphatic rings. The maximum Gasteiger partial charge on any atom is 0.255 e. The van der Waals surface area contributed by atoms with Crippen molar-refractivity contribution in [2.75, 3.05) is 28.6 Å². The Morgan fingerprint density at radius 2 is 1.63 bits per heavy atom. The molecule has 1 aliphatic carbocycles. The van der Waals surface area contributed by atoms with Gasteiger partial charge in [0.25, 0.3) is 5.91 Å². The van der Waals surface area contributed by atoms with Crippen LogP contribution in [0.15, 0.2) is 48.5 Å². The third-order valence-electron chi connectivity index (χ3n) is 5.41. The van der Waals surface area contributed by atoms with Crippen molar-refractivity contribution in [1.29, 1.82) is 0 Å². The van der Waals surface area contributed by atoms with Gasteiger partial charge in [-0.25, -0.2) is 0 Å². The third kappa shape index (κ3) is 4.13. The highest BCUT2D eigenvalue weighted by Crippen LogP contribution is 2.38. The van der Waals surface area contributed by atoms with Crippen LogP contribution in [0, 0.1) is 11.8 Å². The molecule has 2 atom stereocenters. The molecule has 0 aromatic heterocycles. The van der Waals surface area contributed by atoms with Gasteiger partial charge in [-0.05, 0) is 61.6 Å². The summed E-state index contributed by atoms with van der Waals surface area (Å²) >= 11 is 0. The molecule has 1 saturated heterocycles. The number of nitrogens with zero attached hydrogens (tertiary/aromatic N) is 1. The number of carbonyl (C=O) groups excluding carboxylic acids is 2. The van der Waals surface area contributed by atoms with Crippen LogP contribution >= 0.6 is 0 Å². The van der Waals surface area contributed by atoms with Crippen LogP contribution in [-0.4, -0.2) is 24.9 Å². The lowest BCUT2D eigenvalue weighted by atomic mass is 10.1. The molecule has 2 unspecified atom stereocenters. The molecule has 2 fully saturated rings. The fourth-order valence-corrected chi connectivity index (χ4v) is 3.62. The van der Waals surface area contributed by atoms with Crippen LogP contribution in [0.2, 0.25) is 0 Å². The van der Waals surface area contributed by atoms with E-state index in [0.717, 1.165) is 30.9 Å². The molecule has 1 saturated carbocycles. The highest BCUT2D eigenvalue weighted by molar-refractivity contribution is 6.05. The predicted molar refractivity (Wildman–Crippen MR) is 108 cm³/mol. The summed E-state index contributed by atoms with van der Waals surface area (Å²) < 4.78 is 0. The van der Waals surface area contributed by atoms with Gasteiger partial charge in [-0.15, -0.1) is 0 Å². The zero-order valence-electron chi connectivity index (χ0n) is 15.6. The zero-order valence-corrected chi connectivity index (χ0v) is 15.6. The highest BCUT2D eigenvalue weighted by atomic mass is 16.2. The van der Waals surface area contributed by atoms with E-state index in [1.54, 1.807) is 18.2 Å². The van der Waals surface area contributed by atoms with Crippen LogP contribution in [0.4, 0.5) is 17.1 Å². The topological polar surface area (TPSA) is 61.4 Å². The van der Waals surface area contributed by atoms with E-state index in [-0.39, 0.29) is 17.7 Å². The largest absolute Gasteiger partial charge is 0.371 e. The van der Waals surface area contributed by atoms with Gasteiger partial charge in [0.15, 0.2) is 0 Å². The van der Waals surface area contributed by atoms with Gasteiger partial charge in [0.2, 0.25) is 5.91 Å². The van der Waals surface area contributed by atoms with Crippen molar-refractivity contribution in [1.82, 2.24) is 0 Å². The van der Waals surface area contributed by atoms with Gasteiger partial charge in [-0.1, -0.05) is 19.1 Å². The molecule has 4 rings (SSSR count). The van der Waals surface area contributed by atoms with Crippen LogP contribution in [0.1, 0.15) is 36.5 Å². The Morgan fingerprint density at radius 3 is 2.33 bits per heavy atom. The summed E-state index contributed by atoms with van der Waals surface area (Å²) in [6.45, 7) is 4.21. The van der Waals surface area contributed by atoms with Crippen LogP contribution in [0.25, 0.3) is 0 Å². The van der Waals surface area contributed by atoms with Crippen LogP contribution < -0.4 is 15.5 Å². The molecular weight excluding hydrogens is 338 g/mol. The van der Waals surface area contributed by atoms with Gasteiger partial charge in [0, 0.05) is 41.6 Å². The van der Waals surface area contributed by atoms with Gasteiger partial charge in [0.05, 0.1) is 0 Å². The summed E-state index contributed by atoms with van der Waals surface area (Å²) in [6.07, 6.45) is 3.38. The average molecular weight is 363 g/mol. The van der Waals surface area contributed by atoms with Gasteiger partial charge in [0.1, 0.15) is 0 Å². The fraction of sp³-hybridized carbons (Fsp3) is 0.364. The van der Waals surface area contributed by atoms with Crippen LogP contribution in [-0.2, 0) is 4.79 Å². The maximum atomic E-state index is 12.6. The first-order valence-corrected chi connectivity index (χ1v) is 9.67. The predicted octanol–water partition coefficient (Wildman–Crippen LogP) is 4.13. The van der Waals surface area contributed by atoms with Gasteiger partial charge < -0.3 is 15.5 Å². The fourth-order valence-electron chi connectivity index (χ4n) is 3.62. The van der Waals surface area contributed by atoms with E-state index >= 15 is 0 Å². The molecule has 0 radical (unpaired) electrons. The van der Waals surface area contributed by atoms with E-state index in [4.69, 9.17) is 0 Å². The maximum absolute atomic E-state index is 12.6. The summed E-state index contributed by atoms with van der Waals surface area (Å²) in [5.74, 6) is 0.429. The smallest absolute Gasteiger partial charge is 0.255 e. The first-order chi connectivity index (χ1) is 13.1. The minimum atomic E-state index is -0.176. The number of anilines is 3. The number of hydrogen-bond donors (Lipinski definition) is 2. The Bertz CT molecular complexity index is 858. The minimum absolute atomic E-state index is 0.0402. The summed E-state index contributed by atoms with van der Waals surface area (Å²) in [5.41, 5.74) is 3.12. The van der Waals surface area contributed by atoms with Gasteiger partial charge in [-0.3, -0.25) is 9.59 Å². The van der Waals surface area contributed by atoms with Crippen LogP contribution in [0.5, 0.6) is 0 Å². The van der Waals surface area contributed by atoms with Crippen LogP contribution in [0.3, 0.4) is 0 Å². The zero-order chi connectivity index (χ0) is 18.8. The molecule has 1 aliphatic heterocycles. The Balaban J connectivity index is 1.43. The van der Waals surface area contributed by atoms with E-state index in [9.17, 15) is 9.59 Å². The monoisotopic (exact) mass is 363 g/mol. The quantitative estimate of drug-likeness (QED) is 0.839. The van der Waals surface area contributed by atoms with Crippen molar-refractivity contribution in [3.63, 3.8) is 0 Å². The number of amides is 2. The molecule has 140 valence electrons. The molecule has 0 spiro atoms. The van der Waals surface area contributed by atoms with E-state index in [1.165, 1.54) is 12.8 Å². The van der Waals surface area contributed by atoms with Crippen molar-refractivity contribution in [2.45, 2.75) is 26.2 Å². The molecule has 2 aromatic rings. The van der Waals surface area contributed by atoms with Crippen molar-refractivity contribution < 1.29 is 9.59 Å². The first kappa shape index (κ1) is 17.6. The standard InChI is InChI=1S/C22H25N3O2/c1-15-12-20(15)22(27)24-17-7-4-6-16(13-17)21(26)23-18-8-5-9-19(14-18)25-10-2-3-11-25/h4-9,13-15,20H,2-3,10-12H2,1H3,(H,23,26)(H,24,27). The second-order valence-corrected chi connectivity index (χ2v) is 7.59. The second kappa shape index (κ2) is 7.43.